The van der Waals surface area contributed by atoms with Crippen LogP contribution in [0, 0.1) is 0 Å². The number of nitrogens with one attached hydrogen (secondary N) is 1. The molecule has 0 spiro atoms. The summed E-state index contributed by atoms with van der Waals surface area (Å²) in [7, 11) is 0. The van der Waals surface area contributed by atoms with Crippen LogP contribution < -0.4 is 5.56 Å². The molecule has 3 aromatic rings. The number of pyridine rings is 1. The standard InChI is InChI=1S/C16H15N3O2/c1-9(2)12-15(20)18-14(19-16(12)21)13-11-6-4-3-5-10(11)7-8-17-13/h3-9H,1-2H3,(H2,18,19,20,21). The number of hydrogen-bond acceptors (Lipinski definition) is 4. The van der Waals surface area contributed by atoms with E-state index in [1.807, 2.05) is 44.2 Å². The second-order valence-corrected chi connectivity index (χ2v) is 5.19. The summed E-state index contributed by atoms with van der Waals surface area (Å²) < 4.78 is 0. The van der Waals surface area contributed by atoms with Crippen LogP contribution in [0.2, 0.25) is 0 Å². The second-order valence-electron chi connectivity index (χ2n) is 5.19. The van der Waals surface area contributed by atoms with Crippen LogP contribution in [0.5, 0.6) is 5.88 Å². The van der Waals surface area contributed by atoms with E-state index in [-0.39, 0.29) is 23.2 Å². The van der Waals surface area contributed by atoms with Gasteiger partial charge in [-0.3, -0.25) is 9.78 Å². The van der Waals surface area contributed by atoms with Crippen molar-refractivity contribution in [3.05, 3.63) is 52.4 Å². The van der Waals surface area contributed by atoms with Crippen LogP contribution in [0.3, 0.4) is 0 Å². The zero-order valence-corrected chi connectivity index (χ0v) is 11.8. The summed E-state index contributed by atoms with van der Waals surface area (Å²) in [4.78, 5) is 23.2. The number of nitrogens with zero attached hydrogens (tertiary/aromatic N) is 2. The fourth-order valence-corrected chi connectivity index (χ4v) is 2.41. The SMILES string of the molecule is CC(C)c1c(O)nc(-c2nccc3ccccc23)[nH]c1=O. The van der Waals surface area contributed by atoms with Gasteiger partial charge in [-0.05, 0) is 17.4 Å². The first kappa shape index (κ1) is 13.3. The van der Waals surface area contributed by atoms with Crippen molar-refractivity contribution in [1.29, 1.82) is 0 Å². The van der Waals surface area contributed by atoms with E-state index < -0.39 is 0 Å². The summed E-state index contributed by atoms with van der Waals surface area (Å²) in [6, 6.07) is 9.58. The van der Waals surface area contributed by atoms with Crippen LogP contribution in [0.1, 0.15) is 25.3 Å². The summed E-state index contributed by atoms with van der Waals surface area (Å²) in [5.74, 6) is -0.0621. The predicted octanol–water partition coefficient (Wildman–Crippen LogP) is 2.81. The highest BCUT2D eigenvalue weighted by Crippen LogP contribution is 2.26. The lowest BCUT2D eigenvalue weighted by Gasteiger charge is -2.09. The van der Waals surface area contributed by atoms with E-state index in [0.29, 0.717) is 11.3 Å². The minimum absolute atomic E-state index is 0.101. The van der Waals surface area contributed by atoms with Gasteiger partial charge in [0.05, 0.1) is 5.56 Å². The van der Waals surface area contributed by atoms with E-state index in [4.69, 9.17) is 0 Å². The largest absolute Gasteiger partial charge is 0.493 e. The van der Waals surface area contributed by atoms with Gasteiger partial charge in [0.25, 0.3) is 5.56 Å². The third kappa shape index (κ3) is 2.27. The maximum absolute atomic E-state index is 12.1. The fraction of sp³-hybridized carbons (Fsp3) is 0.188. The molecule has 0 saturated carbocycles. The third-order valence-corrected chi connectivity index (χ3v) is 3.41. The summed E-state index contributed by atoms with van der Waals surface area (Å²) in [6.45, 7) is 3.67. The summed E-state index contributed by atoms with van der Waals surface area (Å²) in [5, 5.41) is 11.9. The number of hydrogen-bond donors (Lipinski definition) is 2. The Morgan fingerprint density at radius 3 is 2.67 bits per heavy atom. The van der Waals surface area contributed by atoms with Gasteiger partial charge < -0.3 is 10.1 Å². The lowest BCUT2D eigenvalue weighted by atomic mass is 10.1. The number of aromatic hydroxyl groups is 1. The normalized spacial score (nSPS) is 11.2. The lowest BCUT2D eigenvalue weighted by Crippen LogP contribution is -2.16. The van der Waals surface area contributed by atoms with Crippen LogP contribution in [-0.4, -0.2) is 20.1 Å². The topological polar surface area (TPSA) is 78.9 Å². The predicted molar refractivity (Wildman–Crippen MR) is 81.3 cm³/mol. The number of benzene rings is 1. The molecule has 0 aliphatic heterocycles. The van der Waals surface area contributed by atoms with Gasteiger partial charge in [0, 0.05) is 11.6 Å². The van der Waals surface area contributed by atoms with Gasteiger partial charge in [0.15, 0.2) is 5.82 Å². The maximum atomic E-state index is 12.1. The summed E-state index contributed by atoms with van der Waals surface area (Å²) in [5.41, 5.74) is 0.511. The van der Waals surface area contributed by atoms with Crippen molar-refractivity contribution in [3.8, 4) is 17.4 Å². The number of fused-ring (bicyclic) bond motifs is 1. The molecule has 3 rings (SSSR count). The molecule has 106 valence electrons. The molecule has 0 amide bonds. The number of rotatable bonds is 2. The molecule has 2 N–H and O–H groups in total. The molecule has 0 radical (unpaired) electrons. The number of aromatic amines is 1. The van der Waals surface area contributed by atoms with E-state index >= 15 is 0 Å². The Labute approximate surface area is 121 Å². The van der Waals surface area contributed by atoms with E-state index in [0.717, 1.165) is 10.8 Å². The van der Waals surface area contributed by atoms with Crippen molar-refractivity contribution < 1.29 is 5.11 Å². The Morgan fingerprint density at radius 1 is 1.19 bits per heavy atom. The van der Waals surface area contributed by atoms with Crippen LogP contribution in [0.15, 0.2) is 41.3 Å². The molecule has 0 atom stereocenters. The van der Waals surface area contributed by atoms with Crippen molar-refractivity contribution in [3.63, 3.8) is 0 Å². The zero-order valence-electron chi connectivity index (χ0n) is 11.8. The first-order valence-corrected chi connectivity index (χ1v) is 6.75. The van der Waals surface area contributed by atoms with Crippen LogP contribution in [0.25, 0.3) is 22.3 Å². The van der Waals surface area contributed by atoms with Gasteiger partial charge in [-0.15, -0.1) is 0 Å². The van der Waals surface area contributed by atoms with Gasteiger partial charge in [-0.2, -0.15) is 4.98 Å². The average molecular weight is 281 g/mol. The minimum atomic E-state index is -0.331. The first-order chi connectivity index (χ1) is 10.1. The van der Waals surface area contributed by atoms with Crippen molar-refractivity contribution in [2.24, 2.45) is 0 Å². The molecular formula is C16H15N3O2. The van der Waals surface area contributed by atoms with E-state index in [1.54, 1.807) is 6.20 Å². The Balaban J connectivity index is 2.27. The number of H-pyrrole nitrogens is 1. The highest BCUT2D eigenvalue weighted by atomic mass is 16.3. The van der Waals surface area contributed by atoms with Gasteiger partial charge in [0.2, 0.25) is 5.88 Å². The van der Waals surface area contributed by atoms with Gasteiger partial charge in [0.1, 0.15) is 5.69 Å². The van der Waals surface area contributed by atoms with Crippen molar-refractivity contribution in [2.75, 3.05) is 0 Å². The molecule has 0 fully saturated rings. The monoisotopic (exact) mass is 281 g/mol. The molecule has 1 aromatic carbocycles. The number of aromatic nitrogens is 3. The Hall–Kier alpha value is -2.69. The van der Waals surface area contributed by atoms with Crippen LogP contribution in [0.4, 0.5) is 0 Å². The molecule has 0 unspecified atom stereocenters. The van der Waals surface area contributed by atoms with E-state index in [2.05, 4.69) is 15.0 Å². The third-order valence-electron chi connectivity index (χ3n) is 3.41. The highest BCUT2D eigenvalue weighted by Gasteiger charge is 2.16. The molecular weight excluding hydrogens is 266 g/mol. The Bertz CT molecular complexity index is 864. The molecule has 2 heterocycles. The van der Waals surface area contributed by atoms with Crippen molar-refractivity contribution in [1.82, 2.24) is 15.0 Å². The molecule has 2 aromatic heterocycles. The second kappa shape index (κ2) is 5.01. The molecule has 0 bridgehead atoms. The van der Waals surface area contributed by atoms with Gasteiger partial charge >= 0.3 is 0 Å². The Morgan fingerprint density at radius 2 is 1.95 bits per heavy atom. The van der Waals surface area contributed by atoms with Crippen LogP contribution in [-0.2, 0) is 0 Å². The smallest absolute Gasteiger partial charge is 0.258 e. The molecule has 0 aliphatic carbocycles. The van der Waals surface area contributed by atoms with E-state index in [9.17, 15) is 9.90 Å². The summed E-state index contributed by atoms with van der Waals surface area (Å²) >= 11 is 0. The molecule has 0 aliphatic rings. The lowest BCUT2D eigenvalue weighted by molar-refractivity contribution is 0.440. The molecule has 21 heavy (non-hydrogen) atoms. The quantitative estimate of drug-likeness (QED) is 0.757. The van der Waals surface area contributed by atoms with Crippen molar-refractivity contribution >= 4 is 10.8 Å². The minimum Gasteiger partial charge on any atom is -0.493 e. The zero-order chi connectivity index (χ0) is 15.0. The molecule has 5 nitrogen and oxygen atoms in total. The highest BCUT2D eigenvalue weighted by molar-refractivity contribution is 5.92. The molecule has 0 saturated heterocycles. The molecule has 5 heteroatoms. The van der Waals surface area contributed by atoms with Gasteiger partial charge in [-0.25, -0.2) is 0 Å². The average Bonchev–Trinajstić information content (AvgIpc) is 2.45. The van der Waals surface area contributed by atoms with E-state index in [1.165, 1.54) is 0 Å². The van der Waals surface area contributed by atoms with Crippen LogP contribution >= 0.6 is 0 Å². The Kier molecular flexibility index (Phi) is 3.17. The fourth-order valence-electron chi connectivity index (χ4n) is 2.41. The first-order valence-electron chi connectivity index (χ1n) is 6.75. The summed E-state index contributed by atoms with van der Waals surface area (Å²) in [6.07, 6.45) is 1.66. The maximum Gasteiger partial charge on any atom is 0.258 e. The van der Waals surface area contributed by atoms with Crippen molar-refractivity contribution in [2.45, 2.75) is 19.8 Å². The van der Waals surface area contributed by atoms with Gasteiger partial charge in [-0.1, -0.05) is 38.1 Å².